The van der Waals surface area contributed by atoms with Gasteiger partial charge in [0.05, 0.1) is 5.69 Å². The van der Waals surface area contributed by atoms with E-state index >= 15 is 0 Å². The Morgan fingerprint density at radius 1 is 1.39 bits per heavy atom. The first kappa shape index (κ1) is 14.5. The van der Waals surface area contributed by atoms with Crippen LogP contribution in [-0.2, 0) is 6.54 Å². The van der Waals surface area contributed by atoms with Crippen LogP contribution in [0.15, 0.2) is 21.2 Å². The van der Waals surface area contributed by atoms with E-state index in [2.05, 4.69) is 55.2 Å². The number of aromatic nitrogens is 1. The summed E-state index contributed by atoms with van der Waals surface area (Å²) in [6.45, 7) is 3.16. The molecular formula is C14H20Br2N2. The van der Waals surface area contributed by atoms with Crippen molar-refractivity contribution < 1.29 is 0 Å². The van der Waals surface area contributed by atoms with Gasteiger partial charge < -0.3 is 5.32 Å². The first-order valence-electron chi connectivity index (χ1n) is 6.72. The summed E-state index contributed by atoms with van der Waals surface area (Å²) >= 11 is 6.99. The molecule has 1 aromatic heterocycles. The molecule has 0 spiro atoms. The van der Waals surface area contributed by atoms with Crippen molar-refractivity contribution in [2.45, 2.75) is 51.6 Å². The van der Waals surface area contributed by atoms with E-state index in [4.69, 9.17) is 0 Å². The van der Waals surface area contributed by atoms with Crippen LogP contribution in [0.1, 0.15) is 44.7 Å². The molecule has 1 heterocycles. The van der Waals surface area contributed by atoms with Crippen LogP contribution in [0.25, 0.3) is 0 Å². The third kappa shape index (κ3) is 4.04. The van der Waals surface area contributed by atoms with Gasteiger partial charge in [0.15, 0.2) is 0 Å². The number of hydrogen-bond donors (Lipinski definition) is 1. The van der Waals surface area contributed by atoms with Crippen LogP contribution in [0.4, 0.5) is 0 Å². The van der Waals surface area contributed by atoms with E-state index < -0.39 is 0 Å². The maximum Gasteiger partial charge on any atom is 0.0684 e. The number of nitrogens with zero attached hydrogens (tertiary/aromatic N) is 1. The van der Waals surface area contributed by atoms with Crippen LogP contribution in [0.2, 0.25) is 0 Å². The largest absolute Gasteiger partial charge is 0.308 e. The highest BCUT2D eigenvalue weighted by Crippen LogP contribution is 2.27. The minimum atomic E-state index is 0.668. The van der Waals surface area contributed by atoms with Crippen molar-refractivity contribution in [1.29, 1.82) is 0 Å². The van der Waals surface area contributed by atoms with Gasteiger partial charge in [-0.2, -0.15) is 0 Å². The van der Waals surface area contributed by atoms with Crippen molar-refractivity contribution in [3.63, 3.8) is 0 Å². The molecule has 1 N–H and O–H groups in total. The summed E-state index contributed by atoms with van der Waals surface area (Å²) in [4.78, 5) is 4.45. The maximum absolute atomic E-state index is 4.45. The fourth-order valence-electron chi connectivity index (χ4n) is 2.66. The van der Waals surface area contributed by atoms with Gasteiger partial charge >= 0.3 is 0 Å². The van der Waals surface area contributed by atoms with E-state index in [0.29, 0.717) is 6.04 Å². The van der Waals surface area contributed by atoms with Crippen LogP contribution in [0.5, 0.6) is 0 Å². The zero-order valence-corrected chi connectivity index (χ0v) is 13.9. The third-order valence-electron chi connectivity index (χ3n) is 3.80. The lowest BCUT2D eigenvalue weighted by Gasteiger charge is -2.29. The van der Waals surface area contributed by atoms with Crippen molar-refractivity contribution in [3.05, 3.63) is 26.9 Å². The van der Waals surface area contributed by atoms with Gasteiger partial charge in [-0.15, -0.1) is 0 Å². The molecule has 1 aliphatic rings. The molecule has 2 nitrogen and oxygen atoms in total. The zero-order valence-electron chi connectivity index (χ0n) is 10.8. The van der Waals surface area contributed by atoms with Crippen molar-refractivity contribution >= 4 is 31.9 Å². The zero-order chi connectivity index (χ0) is 13.0. The molecule has 1 aliphatic carbocycles. The summed E-state index contributed by atoms with van der Waals surface area (Å²) < 4.78 is 2.09. The van der Waals surface area contributed by atoms with E-state index in [1.165, 1.54) is 32.1 Å². The fraction of sp³-hybridized carbons (Fsp3) is 0.643. The molecule has 0 saturated heterocycles. The topological polar surface area (TPSA) is 24.9 Å². The second-order valence-electron chi connectivity index (χ2n) is 5.10. The van der Waals surface area contributed by atoms with E-state index in [9.17, 15) is 0 Å². The molecule has 4 heteroatoms. The fourth-order valence-corrected chi connectivity index (χ4v) is 3.79. The van der Waals surface area contributed by atoms with Crippen LogP contribution in [-0.4, -0.2) is 11.0 Å². The first-order valence-corrected chi connectivity index (χ1v) is 8.31. The number of halogens is 2. The predicted octanol–water partition coefficient (Wildman–Crippen LogP) is 4.67. The molecule has 0 radical (unpaired) electrons. The Labute approximate surface area is 126 Å². The Morgan fingerprint density at radius 2 is 2.22 bits per heavy atom. The molecule has 1 fully saturated rings. The molecule has 18 heavy (non-hydrogen) atoms. The second kappa shape index (κ2) is 7.01. The Hall–Kier alpha value is 0.0700. The highest BCUT2D eigenvalue weighted by atomic mass is 79.9. The van der Waals surface area contributed by atoms with Crippen molar-refractivity contribution in [2.75, 3.05) is 0 Å². The lowest BCUT2D eigenvalue weighted by atomic mass is 9.84. The molecule has 0 amide bonds. The Balaban J connectivity index is 1.87. The number of nitrogens with one attached hydrogen (secondary N) is 1. The van der Waals surface area contributed by atoms with Crippen LogP contribution < -0.4 is 5.32 Å². The van der Waals surface area contributed by atoms with Crippen LogP contribution in [0.3, 0.4) is 0 Å². The average Bonchev–Trinajstić information content (AvgIpc) is 2.38. The Kier molecular flexibility index (Phi) is 5.64. The van der Waals surface area contributed by atoms with E-state index in [0.717, 1.165) is 27.1 Å². The Bertz CT molecular complexity index is 395. The summed E-state index contributed by atoms with van der Waals surface area (Å²) in [5, 5.41) is 3.65. The van der Waals surface area contributed by atoms with Crippen LogP contribution >= 0.6 is 31.9 Å². The molecule has 2 unspecified atom stereocenters. The summed E-state index contributed by atoms with van der Waals surface area (Å²) in [5.74, 6) is 0.914. The van der Waals surface area contributed by atoms with Gasteiger partial charge in [-0.1, -0.05) is 26.2 Å². The normalized spacial score (nSPS) is 24.2. The third-order valence-corrected chi connectivity index (χ3v) is 4.92. The lowest BCUT2D eigenvalue weighted by molar-refractivity contribution is 0.277. The van der Waals surface area contributed by atoms with Gasteiger partial charge in [0.25, 0.3) is 0 Å². The van der Waals surface area contributed by atoms with Gasteiger partial charge in [-0.05, 0) is 56.7 Å². The van der Waals surface area contributed by atoms with Crippen molar-refractivity contribution in [1.82, 2.24) is 10.3 Å². The maximum atomic E-state index is 4.45. The molecule has 2 rings (SSSR count). The minimum absolute atomic E-state index is 0.668. The molecular weight excluding hydrogens is 356 g/mol. The standard InChI is InChI=1S/C14H20Br2N2/c1-2-10-4-3-5-12(6-10)17-9-14-13(16)7-11(15)8-18-14/h7-8,10,12,17H,2-6,9H2,1H3. The SMILES string of the molecule is CCC1CCCC(NCc2ncc(Br)cc2Br)C1. The summed E-state index contributed by atoms with van der Waals surface area (Å²) in [5.41, 5.74) is 1.09. The lowest BCUT2D eigenvalue weighted by Crippen LogP contribution is -2.33. The molecule has 0 aliphatic heterocycles. The molecule has 100 valence electrons. The van der Waals surface area contributed by atoms with Gasteiger partial charge in [-0.3, -0.25) is 4.98 Å². The van der Waals surface area contributed by atoms with Crippen molar-refractivity contribution in [2.24, 2.45) is 5.92 Å². The minimum Gasteiger partial charge on any atom is -0.308 e. The summed E-state index contributed by atoms with van der Waals surface area (Å²) in [6.07, 6.45) is 8.59. The van der Waals surface area contributed by atoms with Gasteiger partial charge in [-0.25, -0.2) is 0 Å². The monoisotopic (exact) mass is 374 g/mol. The quantitative estimate of drug-likeness (QED) is 0.827. The van der Waals surface area contributed by atoms with E-state index in [1.54, 1.807) is 0 Å². The summed E-state index contributed by atoms with van der Waals surface area (Å²) in [7, 11) is 0. The number of hydrogen-bond acceptors (Lipinski definition) is 2. The highest BCUT2D eigenvalue weighted by Gasteiger charge is 2.20. The highest BCUT2D eigenvalue weighted by molar-refractivity contribution is 9.11. The summed E-state index contributed by atoms with van der Waals surface area (Å²) in [6, 6.07) is 2.72. The van der Waals surface area contributed by atoms with Gasteiger partial charge in [0.1, 0.15) is 0 Å². The predicted molar refractivity (Wildman–Crippen MR) is 82.5 cm³/mol. The first-order chi connectivity index (χ1) is 8.69. The van der Waals surface area contributed by atoms with E-state index in [-0.39, 0.29) is 0 Å². The molecule has 1 saturated carbocycles. The van der Waals surface area contributed by atoms with Gasteiger partial charge in [0.2, 0.25) is 0 Å². The van der Waals surface area contributed by atoms with Crippen LogP contribution in [0, 0.1) is 5.92 Å². The second-order valence-corrected chi connectivity index (χ2v) is 6.87. The molecule has 2 atom stereocenters. The molecule has 0 bridgehead atoms. The van der Waals surface area contributed by atoms with Gasteiger partial charge in [0, 0.05) is 27.7 Å². The van der Waals surface area contributed by atoms with E-state index in [1.807, 2.05) is 6.20 Å². The number of rotatable bonds is 4. The average molecular weight is 376 g/mol. The number of pyridine rings is 1. The Morgan fingerprint density at radius 3 is 2.94 bits per heavy atom. The smallest absolute Gasteiger partial charge is 0.0684 e. The van der Waals surface area contributed by atoms with Crippen molar-refractivity contribution in [3.8, 4) is 0 Å². The molecule has 1 aromatic rings. The molecule has 0 aromatic carbocycles.